The van der Waals surface area contributed by atoms with Crippen LogP contribution in [0.15, 0.2) is 212 Å². The molecule has 0 saturated carbocycles. The molecule has 11 rings (SSSR count). The van der Waals surface area contributed by atoms with Crippen LogP contribution >= 0.6 is 0 Å². The summed E-state index contributed by atoms with van der Waals surface area (Å²) < 4.78 is 0. The Morgan fingerprint density at radius 1 is 0.293 bits per heavy atom. The molecular formula is C57H41N. The molecule has 10 aromatic carbocycles. The summed E-state index contributed by atoms with van der Waals surface area (Å²) in [6.45, 7) is 4.72. The number of hydrogen-bond acceptors (Lipinski definition) is 1. The van der Waals surface area contributed by atoms with Crippen LogP contribution in [0.5, 0.6) is 0 Å². The summed E-state index contributed by atoms with van der Waals surface area (Å²) in [5, 5.41) is 7.63. The van der Waals surface area contributed by atoms with Gasteiger partial charge in [0, 0.05) is 22.5 Å². The van der Waals surface area contributed by atoms with Crippen LogP contribution in [0.25, 0.3) is 76.8 Å². The van der Waals surface area contributed by atoms with Crippen molar-refractivity contribution in [2.75, 3.05) is 4.90 Å². The van der Waals surface area contributed by atoms with Gasteiger partial charge in [0.1, 0.15) is 0 Å². The van der Waals surface area contributed by atoms with Gasteiger partial charge in [0.05, 0.1) is 0 Å². The van der Waals surface area contributed by atoms with Crippen molar-refractivity contribution in [3.8, 4) is 44.5 Å². The second kappa shape index (κ2) is 13.5. The van der Waals surface area contributed by atoms with Crippen LogP contribution in [-0.2, 0) is 5.41 Å². The Kier molecular flexibility index (Phi) is 7.91. The van der Waals surface area contributed by atoms with Gasteiger partial charge in [0.2, 0.25) is 0 Å². The summed E-state index contributed by atoms with van der Waals surface area (Å²) >= 11 is 0. The average Bonchev–Trinajstić information content (AvgIpc) is 3.51. The molecular weight excluding hydrogens is 699 g/mol. The molecule has 0 radical (unpaired) electrons. The summed E-state index contributed by atoms with van der Waals surface area (Å²) in [4.78, 5) is 2.42. The first kappa shape index (κ1) is 34.1. The Labute approximate surface area is 340 Å². The molecule has 1 aliphatic rings. The van der Waals surface area contributed by atoms with Crippen molar-refractivity contribution in [2.24, 2.45) is 0 Å². The van der Waals surface area contributed by atoms with Gasteiger partial charge >= 0.3 is 0 Å². The number of nitrogens with zero attached hydrogens (tertiary/aromatic N) is 1. The maximum absolute atomic E-state index is 2.42. The lowest BCUT2D eigenvalue weighted by molar-refractivity contribution is 0.660. The van der Waals surface area contributed by atoms with Gasteiger partial charge in [-0.3, -0.25) is 0 Å². The smallest absolute Gasteiger partial charge is 0.0467 e. The Bertz CT molecular complexity index is 3200. The van der Waals surface area contributed by atoms with Crippen LogP contribution in [0.1, 0.15) is 25.0 Å². The fourth-order valence-corrected chi connectivity index (χ4v) is 9.44. The molecule has 0 unspecified atom stereocenters. The molecule has 1 aliphatic carbocycles. The number of benzene rings is 10. The summed E-state index contributed by atoms with van der Waals surface area (Å²) in [5.41, 5.74) is 15.9. The van der Waals surface area contributed by atoms with E-state index < -0.39 is 0 Å². The van der Waals surface area contributed by atoms with E-state index in [0.717, 1.165) is 17.1 Å². The van der Waals surface area contributed by atoms with E-state index >= 15 is 0 Å². The third-order valence-corrected chi connectivity index (χ3v) is 12.4. The minimum Gasteiger partial charge on any atom is -0.310 e. The van der Waals surface area contributed by atoms with Gasteiger partial charge in [0.15, 0.2) is 0 Å². The van der Waals surface area contributed by atoms with E-state index in [-0.39, 0.29) is 5.41 Å². The molecule has 274 valence electrons. The molecule has 0 saturated heterocycles. The number of anilines is 3. The topological polar surface area (TPSA) is 3.24 Å². The van der Waals surface area contributed by atoms with E-state index in [9.17, 15) is 0 Å². The van der Waals surface area contributed by atoms with Crippen molar-refractivity contribution in [1.29, 1.82) is 0 Å². The molecule has 0 atom stereocenters. The molecule has 0 aromatic heterocycles. The first-order valence-corrected chi connectivity index (χ1v) is 20.2. The van der Waals surface area contributed by atoms with Crippen LogP contribution < -0.4 is 4.90 Å². The molecule has 1 nitrogen and oxygen atoms in total. The van der Waals surface area contributed by atoms with E-state index in [2.05, 4.69) is 231 Å². The summed E-state index contributed by atoms with van der Waals surface area (Å²) in [6.07, 6.45) is 0. The summed E-state index contributed by atoms with van der Waals surface area (Å²) in [6, 6.07) is 78.2. The van der Waals surface area contributed by atoms with Crippen molar-refractivity contribution < 1.29 is 0 Å². The van der Waals surface area contributed by atoms with Gasteiger partial charge in [0.25, 0.3) is 0 Å². The van der Waals surface area contributed by atoms with Crippen molar-refractivity contribution in [3.05, 3.63) is 223 Å². The van der Waals surface area contributed by atoms with Crippen molar-refractivity contribution in [2.45, 2.75) is 19.3 Å². The van der Waals surface area contributed by atoms with Crippen LogP contribution in [0.4, 0.5) is 17.1 Å². The standard InChI is InChI=1S/C57H41N/c1-57(2)55-23-8-7-21-53(55)54-33-31-48(37-56(54)57)58(46-29-26-38(27-30-46)43-28-32-52-45(35-43)25-24-40-13-4-6-20-50(40)52)47-18-10-16-42(36-47)41-15-9-17-44(34-41)51-22-11-14-39-12-3-5-19-49(39)51/h3-37H,1-2H3. The predicted molar refractivity (Wildman–Crippen MR) is 248 cm³/mol. The van der Waals surface area contributed by atoms with Gasteiger partial charge in [-0.05, 0) is 136 Å². The maximum atomic E-state index is 2.42. The third-order valence-electron chi connectivity index (χ3n) is 12.4. The number of rotatable bonds is 6. The molecule has 0 amide bonds. The normalized spacial score (nSPS) is 12.8. The second-order valence-electron chi connectivity index (χ2n) is 16.2. The largest absolute Gasteiger partial charge is 0.310 e. The van der Waals surface area contributed by atoms with E-state index in [1.807, 2.05) is 0 Å². The summed E-state index contributed by atoms with van der Waals surface area (Å²) in [5.74, 6) is 0. The summed E-state index contributed by atoms with van der Waals surface area (Å²) in [7, 11) is 0. The first-order chi connectivity index (χ1) is 28.5. The lowest BCUT2D eigenvalue weighted by Gasteiger charge is -2.28. The SMILES string of the molecule is CC1(C)c2ccccc2-c2ccc(N(c3ccc(-c4ccc5c(ccc6ccccc65)c4)cc3)c3cccc(-c4cccc(-c5cccc6ccccc56)c4)c3)cc21. The molecule has 10 aromatic rings. The van der Waals surface area contributed by atoms with Gasteiger partial charge < -0.3 is 4.90 Å². The number of fused-ring (bicyclic) bond motifs is 7. The van der Waals surface area contributed by atoms with Gasteiger partial charge in [-0.2, -0.15) is 0 Å². The van der Waals surface area contributed by atoms with E-state index in [1.54, 1.807) is 0 Å². The lowest BCUT2D eigenvalue weighted by Crippen LogP contribution is -2.16. The van der Waals surface area contributed by atoms with E-state index in [4.69, 9.17) is 0 Å². The van der Waals surface area contributed by atoms with Crippen molar-refractivity contribution in [1.82, 2.24) is 0 Å². The zero-order valence-corrected chi connectivity index (χ0v) is 32.7. The molecule has 0 heterocycles. The Hall–Kier alpha value is -7.22. The van der Waals surface area contributed by atoms with Crippen molar-refractivity contribution >= 4 is 49.4 Å². The van der Waals surface area contributed by atoms with Crippen LogP contribution in [0.2, 0.25) is 0 Å². The Morgan fingerprint density at radius 3 is 1.71 bits per heavy atom. The molecule has 0 N–H and O–H groups in total. The average molecular weight is 740 g/mol. The predicted octanol–water partition coefficient (Wildman–Crippen LogP) is 15.9. The van der Waals surface area contributed by atoms with E-state index in [1.165, 1.54) is 88.0 Å². The van der Waals surface area contributed by atoms with Crippen LogP contribution in [0, 0.1) is 0 Å². The Balaban J connectivity index is 1.02. The van der Waals surface area contributed by atoms with Gasteiger partial charge in [-0.15, -0.1) is 0 Å². The fourth-order valence-electron chi connectivity index (χ4n) is 9.44. The quantitative estimate of drug-likeness (QED) is 0.154. The maximum Gasteiger partial charge on any atom is 0.0467 e. The molecule has 0 bridgehead atoms. The first-order valence-electron chi connectivity index (χ1n) is 20.2. The van der Waals surface area contributed by atoms with Crippen LogP contribution in [0.3, 0.4) is 0 Å². The van der Waals surface area contributed by atoms with Crippen LogP contribution in [-0.4, -0.2) is 0 Å². The minimum absolute atomic E-state index is 0.108. The molecule has 58 heavy (non-hydrogen) atoms. The second-order valence-corrected chi connectivity index (χ2v) is 16.2. The highest BCUT2D eigenvalue weighted by molar-refractivity contribution is 6.08. The van der Waals surface area contributed by atoms with Crippen molar-refractivity contribution in [3.63, 3.8) is 0 Å². The molecule has 0 spiro atoms. The lowest BCUT2D eigenvalue weighted by atomic mass is 9.82. The zero-order chi connectivity index (χ0) is 38.8. The highest BCUT2D eigenvalue weighted by Crippen LogP contribution is 2.51. The highest BCUT2D eigenvalue weighted by Gasteiger charge is 2.35. The minimum atomic E-state index is -0.108. The fraction of sp³-hybridized carbons (Fsp3) is 0.0526. The zero-order valence-electron chi connectivity index (χ0n) is 32.7. The monoisotopic (exact) mass is 739 g/mol. The Morgan fingerprint density at radius 2 is 0.845 bits per heavy atom. The van der Waals surface area contributed by atoms with Gasteiger partial charge in [-0.25, -0.2) is 0 Å². The third kappa shape index (κ3) is 5.62. The van der Waals surface area contributed by atoms with E-state index in [0.29, 0.717) is 0 Å². The highest BCUT2D eigenvalue weighted by atomic mass is 15.1. The van der Waals surface area contributed by atoms with Gasteiger partial charge in [-0.1, -0.05) is 178 Å². The molecule has 0 aliphatic heterocycles. The molecule has 0 fully saturated rings. The molecule has 1 heteroatoms. The number of hydrogen-bond donors (Lipinski definition) is 0.